The predicted molar refractivity (Wildman–Crippen MR) is 115 cm³/mol. The Kier molecular flexibility index (Phi) is 13.5. The normalized spacial score (nSPS) is 12.2. The molecule has 1 unspecified atom stereocenters. The highest BCUT2D eigenvalue weighted by atomic mass is 127. The Bertz CT molecular complexity index is 529. The molecule has 0 aliphatic heterocycles. The Balaban J connectivity index is 0.00000576. The average Bonchev–Trinajstić information content (AvgIpc) is 2.57. The van der Waals surface area contributed by atoms with Crippen LogP contribution in [0.15, 0.2) is 29.3 Å². The van der Waals surface area contributed by atoms with Crippen LogP contribution in [0.1, 0.15) is 18.9 Å². The van der Waals surface area contributed by atoms with Gasteiger partial charge in [-0.15, -0.1) is 24.0 Å². The van der Waals surface area contributed by atoms with Crippen molar-refractivity contribution < 1.29 is 9.66 Å². The van der Waals surface area contributed by atoms with Crippen molar-refractivity contribution in [3.63, 3.8) is 0 Å². The van der Waals surface area contributed by atoms with Crippen molar-refractivity contribution in [1.82, 2.24) is 10.6 Å². The molecule has 0 fully saturated rings. The highest BCUT2D eigenvalue weighted by molar-refractivity contribution is 14.0. The average molecular weight is 482 g/mol. The lowest BCUT2D eigenvalue weighted by Gasteiger charge is -2.17. The van der Waals surface area contributed by atoms with Crippen molar-refractivity contribution in [3.8, 4) is 0 Å². The van der Waals surface area contributed by atoms with Crippen LogP contribution in [0.2, 0.25) is 0 Å². The second-order valence-electron chi connectivity index (χ2n) is 5.36. The molecule has 9 heteroatoms. The molecule has 1 aromatic rings. The summed E-state index contributed by atoms with van der Waals surface area (Å²) in [4.78, 5) is 14.8. The van der Waals surface area contributed by atoms with Gasteiger partial charge in [-0.3, -0.25) is 10.1 Å². The third kappa shape index (κ3) is 10.5. The van der Waals surface area contributed by atoms with E-state index >= 15 is 0 Å². The Morgan fingerprint density at radius 2 is 2.08 bits per heavy atom. The molecular formula is C16H27IN4O3S. The fraction of sp³-hybridized carbons (Fsp3) is 0.562. The molecule has 0 amide bonds. The van der Waals surface area contributed by atoms with E-state index in [9.17, 15) is 10.1 Å². The van der Waals surface area contributed by atoms with Gasteiger partial charge in [0.05, 0.1) is 18.1 Å². The summed E-state index contributed by atoms with van der Waals surface area (Å²) < 4.78 is 5.13. The molecule has 0 spiro atoms. The third-order valence-corrected chi connectivity index (χ3v) is 3.88. The second kappa shape index (κ2) is 14.1. The number of benzene rings is 1. The van der Waals surface area contributed by atoms with Crippen molar-refractivity contribution in [1.29, 1.82) is 0 Å². The lowest BCUT2D eigenvalue weighted by molar-refractivity contribution is -0.384. The van der Waals surface area contributed by atoms with E-state index in [1.807, 2.05) is 18.7 Å². The highest BCUT2D eigenvalue weighted by Crippen LogP contribution is 2.12. The van der Waals surface area contributed by atoms with Crippen LogP contribution in [-0.4, -0.2) is 49.2 Å². The second-order valence-corrected chi connectivity index (χ2v) is 6.35. The number of methoxy groups -OCH3 is 1. The minimum atomic E-state index is -0.403. The van der Waals surface area contributed by atoms with Crippen LogP contribution in [0.3, 0.4) is 0 Å². The lowest BCUT2D eigenvalue weighted by atomic mass is 10.2. The molecule has 1 rings (SSSR count). The number of rotatable bonds is 10. The number of non-ortho nitro benzene ring substituents is 1. The summed E-state index contributed by atoms with van der Waals surface area (Å²) in [5.41, 5.74) is 1.01. The van der Waals surface area contributed by atoms with Gasteiger partial charge in [0.1, 0.15) is 0 Å². The maximum atomic E-state index is 10.7. The van der Waals surface area contributed by atoms with Gasteiger partial charge in [-0.05, 0) is 30.9 Å². The summed E-state index contributed by atoms with van der Waals surface area (Å²) in [5.74, 6) is 1.81. The van der Waals surface area contributed by atoms with Gasteiger partial charge in [0.15, 0.2) is 5.96 Å². The van der Waals surface area contributed by atoms with Gasteiger partial charge < -0.3 is 15.4 Å². The van der Waals surface area contributed by atoms with Crippen molar-refractivity contribution in [2.45, 2.75) is 25.9 Å². The number of thioether (sulfide) groups is 1. The molecule has 0 heterocycles. The number of ether oxygens (including phenoxy) is 1. The maximum absolute atomic E-state index is 10.7. The van der Waals surface area contributed by atoms with E-state index < -0.39 is 4.92 Å². The van der Waals surface area contributed by atoms with Crippen LogP contribution >= 0.6 is 35.7 Å². The Morgan fingerprint density at radius 3 is 2.64 bits per heavy atom. The molecule has 2 N–H and O–H groups in total. The van der Waals surface area contributed by atoms with E-state index in [1.165, 1.54) is 12.1 Å². The van der Waals surface area contributed by atoms with E-state index in [2.05, 4.69) is 21.9 Å². The van der Waals surface area contributed by atoms with Gasteiger partial charge in [-0.25, -0.2) is 4.99 Å². The first-order valence-electron chi connectivity index (χ1n) is 7.83. The van der Waals surface area contributed by atoms with Crippen molar-refractivity contribution in [2.24, 2.45) is 4.99 Å². The van der Waals surface area contributed by atoms with Gasteiger partial charge in [-0.1, -0.05) is 12.1 Å². The zero-order valence-electron chi connectivity index (χ0n) is 14.9. The van der Waals surface area contributed by atoms with Crippen molar-refractivity contribution in [2.75, 3.05) is 32.3 Å². The first kappa shape index (κ1) is 23.9. The van der Waals surface area contributed by atoms with Crippen molar-refractivity contribution >= 4 is 47.4 Å². The number of nitro groups is 1. The summed E-state index contributed by atoms with van der Waals surface area (Å²) in [5, 5.41) is 17.3. The van der Waals surface area contributed by atoms with E-state index in [0.29, 0.717) is 13.2 Å². The van der Waals surface area contributed by atoms with E-state index in [0.717, 1.165) is 30.2 Å². The van der Waals surface area contributed by atoms with Crippen LogP contribution in [0, 0.1) is 10.1 Å². The molecule has 25 heavy (non-hydrogen) atoms. The summed E-state index contributed by atoms with van der Waals surface area (Å²) in [6, 6.07) is 6.59. The zero-order chi connectivity index (χ0) is 17.8. The molecule has 0 radical (unpaired) electrons. The van der Waals surface area contributed by atoms with Crippen LogP contribution in [0.5, 0.6) is 0 Å². The van der Waals surface area contributed by atoms with Crippen molar-refractivity contribution in [3.05, 3.63) is 39.9 Å². The first-order chi connectivity index (χ1) is 11.6. The van der Waals surface area contributed by atoms with Crippen LogP contribution in [0.25, 0.3) is 0 Å². The third-order valence-electron chi connectivity index (χ3n) is 3.18. The number of aliphatic imine (C=N–C) groups is 1. The highest BCUT2D eigenvalue weighted by Gasteiger charge is 2.06. The monoisotopic (exact) mass is 482 g/mol. The van der Waals surface area contributed by atoms with Gasteiger partial charge in [0.25, 0.3) is 5.69 Å². The van der Waals surface area contributed by atoms with E-state index in [4.69, 9.17) is 4.74 Å². The van der Waals surface area contributed by atoms with E-state index in [1.54, 1.807) is 19.2 Å². The summed E-state index contributed by atoms with van der Waals surface area (Å²) in [6.07, 6.45) is 3.14. The number of hydrogen-bond donors (Lipinski definition) is 2. The Labute approximate surface area is 170 Å². The fourth-order valence-corrected chi connectivity index (χ4v) is 2.43. The number of nitrogens with zero attached hydrogens (tertiary/aromatic N) is 2. The SMILES string of the molecule is COCC(C)NC(=NCc1ccc([N+](=O)[O-])cc1)NCCCSC.I. The smallest absolute Gasteiger partial charge is 0.269 e. The molecule has 1 atom stereocenters. The molecular weight excluding hydrogens is 455 g/mol. The molecule has 0 aliphatic rings. The molecule has 0 saturated carbocycles. The van der Waals surface area contributed by atoms with E-state index in [-0.39, 0.29) is 35.7 Å². The largest absolute Gasteiger partial charge is 0.383 e. The van der Waals surface area contributed by atoms with Crippen LogP contribution in [0.4, 0.5) is 5.69 Å². The molecule has 0 saturated heterocycles. The quantitative estimate of drug-likeness (QED) is 0.133. The Hall–Kier alpha value is -1.07. The topological polar surface area (TPSA) is 88.8 Å². The summed E-state index contributed by atoms with van der Waals surface area (Å²) >= 11 is 1.81. The Morgan fingerprint density at radius 1 is 1.40 bits per heavy atom. The number of hydrogen-bond acceptors (Lipinski definition) is 5. The molecule has 142 valence electrons. The van der Waals surface area contributed by atoms with Gasteiger partial charge in [0.2, 0.25) is 0 Å². The maximum Gasteiger partial charge on any atom is 0.269 e. The van der Waals surface area contributed by atoms with Gasteiger partial charge in [-0.2, -0.15) is 11.8 Å². The number of halogens is 1. The summed E-state index contributed by atoms with van der Waals surface area (Å²) in [7, 11) is 1.66. The molecule has 0 bridgehead atoms. The van der Waals surface area contributed by atoms with Crippen LogP contribution in [-0.2, 0) is 11.3 Å². The molecule has 0 aliphatic carbocycles. The predicted octanol–water partition coefficient (Wildman–Crippen LogP) is 3.04. The number of nitro benzene ring substituents is 1. The number of nitrogens with one attached hydrogen (secondary N) is 2. The zero-order valence-corrected chi connectivity index (χ0v) is 18.0. The van der Waals surface area contributed by atoms with Gasteiger partial charge >= 0.3 is 0 Å². The minimum absolute atomic E-state index is 0. The lowest BCUT2D eigenvalue weighted by Crippen LogP contribution is -2.44. The van der Waals surface area contributed by atoms with Crippen LogP contribution < -0.4 is 10.6 Å². The molecule has 7 nitrogen and oxygen atoms in total. The minimum Gasteiger partial charge on any atom is -0.383 e. The van der Waals surface area contributed by atoms with Gasteiger partial charge in [0, 0.05) is 31.8 Å². The fourth-order valence-electron chi connectivity index (χ4n) is 1.99. The number of guanidine groups is 1. The first-order valence-corrected chi connectivity index (χ1v) is 9.22. The summed E-state index contributed by atoms with van der Waals surface area (Å²) in [6.45, 7) is 3.90. The standard InChI is InChI=1S/C16H26N4O3S.HI/c1-13(12-23-2)19-16(17-9-4-10-24-3)18-11-14-5-7-15(8-6-14)20(21)22;/h5-8,13H,4,9-12H2,1-3H3,(H2,17,18,19);1H. The molecule has 0 aromatic heterocycles. The molecule has 1 aromatic carbocycles.